The molecule has 0 aliphatic heterocycles. The molecule has 7 nitrogen and oxygen atoms in total. The minimum absolute atomic E-state index is 0.0391. The van der Waals surface area contributed by atoms with Gasteiger partial charge in [-0.2, -0.15) is 0 Å². The number of hydrogen-bond acceptors (Lipinski definition) is 5. The molecule has 2 bridgehead atoms. The van der Waals surface area contributed by atoms with E-state index in [0.29, 0.717) is 23.9 Å². The maximum absolute atomic E-state index is 11.9. The molecule has 8 heteroatoms. The predicted octanol–water partition coefficient (Wildman–Crippen LogP) is 1.64. The SMILES string of the molecule is NS(=O)(=O)c1ccc(NC(=O)COC(=O)C[C@H]2C[C@H]3CC[C@@H]2C3)cc1. The van der Waals surface area contributed by atoms with Crippen molar-refractivity contribution in [1.29, 1.82) is 0 Å². The smallest absolute Gasteiger partial charge is 0.306 e. The average molecular weight is 366 g/mol. The van der Waals surface area contributed by atoms with E-state index in [-0.39, 0.29) is 17.5 Å². The van der Waals surface area contributed by atoms with Crippen molar-refractivity contribution >= 4 is 27.6 Å². The van der Waals surface area contributed by atoms with Crippen molar-refractivity contribution in [2.45, 2.75) is 37.0 Å². The lowest BCUT2D eigenvalue weighted by molar-refractivity contribution is -0.148. The molecule has 2 fully saturated rings. The summed E-state index contributed by atoms with van der Waals surface area (Å²) in [7, 11) is -3.77. The van der Waals surface area contributed by atoms with E-state index in [9.17, 15) is 18.0 Å². The van der Waals surface area contributed by atoms with Crippen LogP contribution in [0.2, 0.25) is 0 Å². The van der Waals surface area contributed by atoms with E-state index in [1.54, 1.807) is 0 Å². The molecule has 1 amide bonds. The molecule has 0 saturated heterocycles. The number of hydrogen-bond donors (Lipinski definition) is 2. The van der Waals surface area contributed by atoms with Crippen LogP contribution in [0.15, 0.2) is 29.2 Å². The standard InChI is InChI=1S/C17H22N2O5S/c18-25(22,23)15-5-3-14(4-6-15)19-16(20)10-24-17(21)9-13-8-11-1-2-12(13)7-11/h3-6,11-13H,1-2,7-10H2,(H,19,20)(H2,18,22,23)/t11-,12+,13+/m0/s1. The highest BCUT2D eigenvalue weighted by molar-refractivity contribution is 7.89. The molecular formula is C17H22N2O5S. The van der Waals surface area contributed by atoms with E-state index in [2.05, 4.69) is 5.32 Å². The number of carbonyl (C=O) groups is 2. The predicted molar refractivity (Wildman–Crippen MR) is 91.0 cm³/mol. The summed E-state index contributed by atoms with van der Waals surface area (Å²) in [5, 5.41) is 7.55. The second-order valence-corrected chi connectivity index (χ2v) is 8.48. The van der Waals surface area contributed by atoms with Crippen LogP contribution in [0, 0.1) is 17.8 Å². The van der Waals surface area contributed by atoms with Crippen LogP contribution < -0.4 is 10.5 Å². The first kappa shape index (κ1) is 17.9. The Bertz CT molecular complexity index is 760. The van der Waals surface area contributed by atoms with Crippen molar-refractivity contribution in [2.75, 3.05) is 11.9 Å². The van der Waals surface area contributed by atoms with Crippen LogP contribution in [-0.4, -0.2) is 26.9 Å². The Balaban J connectivity index is 1.42. The Kier molecular flexibility index (Phi) is 5.10. The third-order valence-corrected chi connectivity index (χ3v) is 6.07. The van der Waals surface area contributed by atoms with Crippen molar-refractivity contribution in [1.82, 2.24) is 0 Å². The number of ether oxygens (including phenoxy) is 1. The highest BCUT2D eigenvalue weighted by atomic mass is 32.2. The van der Waals surface area contributed by atoms with E-state index in [4.69, 9.17) is 9.88 Å². The van der Waals surface area contributed by atoms with E-state index >= 15 is 0 Å². The molecule has 2 aliphatic carbocycles. The van der Waals surface area contributed by atoms with Crippen LogP contribution in [0.1, 0.15) is 32.1 Å². The number of sulfonamides is 1. The Labute approximate surface area is 147 Å². The molecular weight excluding hydrogens is 344 g/mol. The first-order valence-corrected chi connectivity index (χ1v) is 9.94. The van der Waals surface area contributed by atoms with Gasteiger partial charge in [-0.25, -0.2) is 13.6 Å². The monoisotopic (exact) mass is 366 g/mol. The van der Waals surface area contributed by atoms with Crippen LogP contribution in [0.25, 0.3) is 0 Å². The summed E-state index contributed by atoms with van der Waals surface area (Å²) in [6, 6.07) is 5.45. The summed E-state index contributed by atoms with van der Waals surface area (Å²) in [6.07, 6.45) is 5.20. The first-order valence-electron chi connectivity index (χ1n) is 8.39. The average Bonchev–Trinajstić information content (AvgIpc) is 3.15. The fourth-order valence-electron chi connectivity index (χ4n) is 3.97. The number of rotatable bonds is 6. The molecule has 2 aliphatic rings. The molecule has 0 aromatic heterocycles. The normalized spacial score (nSPS) is 24.9. The number of benzene rings is 1. The van der Waals surface area contributed by atoms with E-state index in [0.717, 1.165) is 12.3 Å². The molecule has 1 aromatic rings. The zero-order valence-corrected chi connectivity index (χ0v) is 14.6. The molecule has 3 N–H and O–H groups in total. The van der Waals surface area contributed by atoms with Gasteiger partial charge in [-0.1, -0.05) is 6.42 Å². The number of nitrogens with two attached hydrogens (primary N) is 1. The molecule has 1 aromatic carbocycles. The van der Waals surface area contributed by atoms with Gasteiger partial charge in [0.2, 0.25) is 10.0 Å². The van der Waals surface area contributed by atoms with E-state index < -0.39 is 15.9 Å². The third kappa shape index (κ3) is 4.58. The topological polar surface area (TPSA) is 116 Å². The summed E-state index contributed by atoms with van der Waals surface area (Å²) >= 11 is 0. The van der Waals surface area contributed by atoms with Crippen molar-refractivity contribution in [3.8, 4) is 0 Å². The largest absolute Gasteiger partial charge is 0.456 e. The molecule has 136 valence electrons. The Morgan fingerprint density at radius 3 is 2.44 bits per heavy atom. The zero-order valence-electron chi connectivity index (χ0n) is 13.8. The molecule has 2 saturated carbocycles. The Morgan fingerprint density at radius 2 is 1.88 bits per heavy atom. The van der Waals surface area contributed by atoms with Gasteiger partial charge in [0, 0.05) is 12.1 Å². The molecule has 3 rings (SSSR count). The van der Waals surface area contributed by atoms with Gasteiger partial charge < -0.3 is 10.1 Å². The number of amides is 1. The minimum atomic E-state index is -3.77. The fourth-order valence-corrected chi connectivity index (χ4v) is 4.49. The second kappa shape index (κ2) is 7.13. The summed E-state index contributed by atoms with van der Waals surface area (Å²) in [5.41, 5.74) is 0.404. The molecule has 3 atom stereocenters. The number of carbonyl (C=O) groups excluding carboxylic acids is 2. The highest BCUT2D eigenvalue weighted by Gasteiger charge is 2.40. The zero-order chi connectivity index (χ0) is 18.0. The second-order valence-electron chi connectivity index (χ2n) is 6.92. The Hall–Kier alpha value is -1.93. The lowest BCUT2D eigenvalue weighted by Gasteiger charge is -2.20. The summed E-state index contributed by atoms with van der Waals surface area (Å²) in [5.74, 6) is 1.01. The molecule has 0 unspecified atom stereocenters. The quantitative estimate of drug-likeness (QED) is 0.743. The fraction of sp³-hybridized carbons (Fsp3) is 0.529. The maximum Gasteiger partial charge on any atom is 0.306 e. The van der Waals surface area contributed by atoms with Crippen LogP contribution in [0.3, 0.4) is 0 Å². The lowest BCUT2D eigenvalue weighted by Crippen LogP contribution is -2.23. The van der Waals surface area contributed by atoms with Crippen molar-refractivity contribution < 1.29 is 22.7 Å². The van der Waals surface area contributed by atoms with Gasteiger partial charge in [0.25, 0.3) is 5.91 Å². The molecule has 0 spiro atoms. The molecule has 0 heterocycles. The van der Waals surface area contributed by atoms with Crippen molar-refractivity contribution in [3.63, 3.8) is 0 Å². The molecule has 25 heavy (non-hydrogen) atoms. The van der Waals surface area contributed by atoms with Crippen molar-refractivity contribution in [3.05, 3.63) is 24.3 Å². The van der Waals surface area contributed by atoms with Crippen LogP contribution in [-0.2, 0) is 24.3 Å². The van der Waals surface area contributed by atoms with Crippen LogP contribution in [0.5, 0.6) is 0 Å². The lowest BCUT2D eigenvalue weighted by atomic mass is 9.86. The Morgan fingerprint density at radius 1 is 1.16 bits per heavy atom. The number of fused-ring (bicyclic) bond motifs is 2. The number of primary sulfonamides is 1. The summed E-state index contributed by atoms with van der Waals surface area (Å²) in [4.78, 5) is 23.7. The number of esters is 1. The van der Waals surface area contributed by atoms with Gasteiger partial charge in [-0.3, -0.25) is 9.59 Å². The van der Waals surface area contributed by atoms with Crippen LogP contribution in [0.4, 0.5) is 5.69 Å². The van der Waals surface area contributed by atoms with Crippen molar-refractivity contribution in [2.24, 2.45) is 22.9 Å². The van der Waals surface area contributed by atoms with Gasteiger partial charge in [-0.15, -0.1) is 0 Å². The first-order chi connectivity index (χ1) is 11.8. The molecule has 0 radical (unpaired) electrons. The van der Waals surface area contributed by atoms with Gasteiger partial charge in [-0.05, 0) is 61.3 Å². The van der Waals surface area contributed by atoms with Gasteiger partial charge in [0.05, 0.1) is 4.90 Å². The van der Waals surface area contributed by atoms with Gasteiger partial charge >= 0.3 is 5.97 Å². The number of nitrogens with one attached hydrogen (secondary N) is 1. The third-order valence-electron chi connectivity index (χ3n) is 5.14. The maximum atomic E-state index is 11.9. The van der Waals surface area contributed by atoms with Gasteiger partial charge in [0.15, 0.2) is 6.61 Å². The van der Waals surface area contributed by atoms with E-state index in [1.165, 1.54) is 43.5 Å². The van der Waals surface area contributed by atoms with E-state index in [1.807, 2.05) is 0 Å². The highest BCUT2D eigenvalue weighted by Crippen LogP contribution is 2.49. The minimum Gasteiger partial charge on any atom is -0.456 e. The summed E-state index contributed by atoms with van der Waals surface area (Å²) in [6.45, 7) is -0.351. The van der Waals surface area contributed by atoms with Crippen LogP contribution >= 0.6 is 0 Å². The van der Waals surface area contributed by atoms with Gasteiger partial charge in [0.1, 0.15) is 0 Å². The summed E-state index contributed by atoms with van der Waals surface area (Å²) < 4.78 is 27.4. The number of anilines is 1.